The lowest BCUT2D eigenvalue weighted by Crippen LogP contribution is -2.64. The largest absolute Gasteiger partial charge is 0.444 e. The molecule has 1 atom stereocenters. The number of ether oxygens (including phenoxy) is 1. The summed E-state index contributed by atoms with van der Waals surface area (Å²) in [6.07, 6.45) is -0.616. The Morgan fingerprint density at radius 3 is 2.45 bits per heavy atom. The summed E-state index contributed by atoms with van der Waals surface area (Å²) in [5.74, 6) is -0.590. The van der Waals surface area contributed by atoms with Crippen LogP contribution < -0.4 is 10.2 Å². The molecule has 1 aliphatic heterocycles. The second-order valence-corrected chi connectivity index (χ2v) is 5.62. The van der Waals surface area contributed by atoms with E-state index in [2.05, 4.69) is 5.32 Å². The van der Waals surface area contributed by atoms with Gasteiger partial charge in [-0.1, -0.05) is 0 Å². The van der Waals surface area contributed by atoms with Crippen molar-refractivity contribution in [1.29, 1.82) is 0 Å². The third kappa shape index (κ3) is 3.26. The minimum absolute atomic E-state index is 0.234. The van der Waals surface area contributed by atoms with Crippen LogP contribution in [-0.2, 0) is 9.53 Å². The van der Waals surface area contributed by atoms with Gasteiger partial charge in [-0.2, -0.15) is 0 Å². The molecule has 1 fully saturated rings. The quantitative estimate of drug-likeness (QED) is 0.844. The Hall–Kier alpha value is -2.11. The van der Waals surface area contributed by atoms with Crippen molar-refractivity contribution < 1.29 is 18.7 Å². The van der Waals surface area contributed by atoms with Crippen LogP contribution in [-0.4, -0.2) is 30.2 Å². The standard InChI is InChI=1S/C14H17FN2O3/c1-14(2,3)20-13(19)16-11-8-17(12(11)18)10-6-4-9(15)5-7-10/h4-7,11H,8H2,1-3H3,(H,16,19)/t11-/m0/s1. The van der Waals surface area contributed by atoms with Crippen molar-refractivity contribution in [3.05, 3.63) is 30.1 Å². The van der Waals surface area contributed by atoms with E-state index in [1.54, 1.807) is 20.8 Å². The molecule has 20 heavy (non-hydrogen) atoms. The van der Waals surface area contributed by atoms with E-state index in [1.807, 2.05) is 0 Å². The van der Waals surface area contributed by atoms with Crippen molar-refractivity contribution in [3.8, 4) is 0 Å². The third-order valence-corrected chi connectivity index (χ3v) is 2.76. The maximum atomic E-state index is 12.8. The van der Waals surface area contributed by atoms with Crippen LogP contribution in [0.25, 0.3) is 0 Å². The Balaban J connectivity index is 1.89. The highest BCUT2D eigenvalue weighted by Crippen LogP contribution is 2.22. The van der Waals surface area contributed by atoms with E-state index < -0.39 is 17.7 Å². The number of carbonyl (C=O) groups is 2. The van der Waals surface area contributed by atoms with Gasteiger partial charge in [0.2, 0.25) is 0 Å². The van der Waals surface area contributed by atoms with E-state index in [0.717, 1.165) is 0 Å². The molecule has 0 aromatic heterocycles. The zero-order chi connectivity index (χ0) is 14.9. The molecule has 2 amide bonds. The van der Waals surface area contributed by atoms with Crippen LogP contribution >= 0.6 is 0 Å². The molecule has 2 rings (SSSR count). The van der Waals surface area contributed by atoms with Crippen LogP contribution in [0.4, 0.5) is 14.9 Å². The smallest absolute Gasteiger partial charge is 0.408 e. The minimum atomic E-state index is -0.616. The summed E-state index contributed by atoms with van der Waals surface area (Å²) in [5.41, 5.74) is 0.00620. The fraction of sp³-hybridized carbons (Fsp3) is 0.429. The first-order valence-corrected chi connectivity index (χ1v) is 6.33. The fourth-order valence-electron chi connectivity index (χ4n) is 1.84. The molecule has 0 spiro atoms. The lowest BCUT2D eigenvalue weighted by atomic mass is 10.1. The highest BCUT2D eigenvalue weighted by molar-refractivity contribution is 6.05. The number of anilines is 1. The normalized spacial score (nSPS) is 18.5. The number of alkyl carbamates (subject to hydrolysis) is 1. The van der Waals surface area contributed by atoms with E-state index in [4.69, 9.17) is 4.74 Å². The van der Waals surface area contributed by atoms with Crippen molar-refractivity contribution in [2.75, 3.05) is 11.4 Å². The van der Waals surface area contributed by atoms with Gasteiger partial charge in [-0.15, -0.1) is 0 Å². The van der Waals surface area contributed by atoms with Crippen LogP contribution in [0.3, 0.4) is 0 Å². The lowest BCUT2D eigenvalue weighted by Gasteiger charge is -2.38. The van der Waals surface area contributed by atoms with Gasteiger partial charge in [-0.25, -0.2) is 9.18 Å². The van der Waals surface area contributed by atoms with Gasteiger partial charge in [0, 0.05) is 5.69 Å². The number of hydrogen-bond acceptors (Lipinski definition) is 3. The summed E-state index contributed by atoms with van der Waals surface area (Å²) in [6, 6.07) is 5.04. The summed E-state index contributed by atoms with van der Waals surface area (Å²) in [5, 5.41) is 2.51. The Morgan fingerprint density at radius 1 is 1.35 bits per heavy atom. The maximum Gasteiger partial charge on any atom is 0.408 e. The van der Waals surface area contributed by atoms with Crippen molar-refractivity contribution >= 4 is 17.7 Å². The van der Waals surface area contributed by atoms with Gasteiger partial charge in [-0.05, 0) is 45.0 Å². The Morgan fingerprint density at radius 2 is 1.95 bits per heavy atom. The zero-order valence-electron chi connectivity index (χ0n) is 11.6. The second-order valence-electron chi connectivity index (χ2n) is 5.62. The first-order valence-electron chi connectivity index (χ1n) is 6.33. The molecule has 1 aromatic rings. The van der Waals surface area contributed by atoms with Gasteiger partial charge in [-0.3, -0.25) is 4.79 Å². The average molecular weight is 280 g/mol. The molecule has 1 N–H and O–H groups in total. The SMILES string of the molecule is CC(C)(C)OC(=O)N[C@H]1CN(c2ccc(F)cc2)C1=O. The number of amides is 2. The number of rotatable bonds is 2. The van der Waals surface area contributed by atoms with E-state index in [-0.39, 0.29) is 11.7 Å². The van der Waals surface area contributed by atoms with Crippen molar-refractivity contribution in [3.63, 3.8) is 0 Å². The molecule has 0 bridgehead atoms. The van der Waals surface area contributed by atoms with Gasteiger partial charge in [0.15, 0.2) is 0 Å². The summed E-state index contributed by atoms with van der Waals surface area (Å²) >= 11 is 0. The lowest BCUT2D eigenvalue weighted by molar-refractivity contribution is -0.124. The van der Waals surface area contributed by atoms with E-state index in [9.17, 15) is 14.0 Å². The molecule has 0 aliphatic carbocycles. The summed E-state index contributed by atoms with van der Waals surface area (Å²) < 4.78 is 17.9. The van der Waals surface area contributed by atoms with Gasteiger partial charge >= 0.3 is 6.09 Å². The van der Waals surface area contributed by atoms with Crippen molar-refractivity contribution in [2.24, 2.45) is 0 Å². The predicted octanol–water partition coefficient (Wildman–Crippen LogP) is 2.07. The maximum absolute atomic E-state index is 12.8. The molecule has 6 heteroatoms. The van der Waals surface area contributed by atoms with Gasteiger partial charge in [0.25, 0.3) is 5.91 Å². The topological polar surface area (TPSA) is 58.6 Å². The number of β-lactam (4-membered cyclic amide) rings is 1. The van der Waals surface area contributed by atoms with E-state index in [1.165, 1.54) is 29.2 Å². The zero-order valence-corrected chi connectivity index (χ0v) is 11.6. The van der Waals surface area contributed by atoms with Gasteiger partial charge in [0.1, 0.15) is 17.5 Å². The van der Waals surface area contributed by atoms with Crippen molar-refractivity contribution in [2.45, 2.75) is 32.4 Å². The molecule has 108 valence electrons. The molecule has 1 aliphatic rings. The molecule has 1 aromatic carbocycles. The van der Waals surface area contributed by atoms with Gasteiger partial charge in [0.05, 0.1) is 6.54 Å². The fourth-order valence-corrected chi connectivity index (χ4v) is 1.84. The number of benzene rings is 1. The second kappa shape index (κ2) is 5.11. The highest BCUT2D eigenvalue weighted by atomic mass is 19.1. The summed E-state index contributed by atoms with van der Waals surface area (Å²) in [6.45, 7) is 5.60. The molecule has 0 unspecified atom stereocenters. The number of nitrogens with zero attached hydrogens (tertiary/aromatic N) is 1. The molecule has 0 radical (unpaired) electrons. The Bertz CT molecular complexity index is 522. The first-order chi connectivity index (χ1) is 9.26. The minimum Gasteiger partial charge on any atom is -0.444 e. The number of carbonyl (C=O) groups excluding carboxylic acids is 2. The predicted molar refractivity (Wildman–Crippen MR) is 71.9 cm³/mol. The Kier molecular flexibility index (Phi) is 3.65. The van der Waals surface area contributed by atoms with Crippen LogP contribution in [0.2, 0.25) is 0 Å². The molecule has 1 heterocycles. The Labute approximate surface area is 116 Å². The monoisotopic (exact) mass is 280 g/mol. The van der Waals surface area contributed by atoms with E-state index >= 15 is 0 Å². The molecule has 5 nitrogen and oxygen atoms in total. The van der Waals surface area contributed by atoms with Crippen LogP contribution in [0.15, 0.2) is 24.3 Å². The van der Waals surface area contributed by atoms with E-state index in [0.29, 0.717) is 12.2 Å². The molecule has 1 saturated heterocycles. The van der Waals surface area contributed by atoms with Crippen LogP contribution in [0.5, 0.6) is 0 Å². The first kappa shape index (κ1) is 14.3. The number of halogens is 1. The number of nitrogens with one attached hydrogen (secondary N) is 1. The van der Waals surface area contributed by atoms with Crippen molar-refractivity contribution in [1.82, 2.24) is 5.32 Å². The molecular weight excluding hydrogens is 263 g/mol. The molecule has 0 saturated carbocycles. The summed E-state index contributed by atoms with van der Waals surface area (Å²) in [7, 11) is 0. The van der Waals surface area contributed by atoms with Gasteiger partial charge < -0.3 is 15.0 Å². The number of hydrogen-bond donors (Lipinski definition) is 1. The summed E-state index contributed by atoms with van der Waals surface area (Å²) in [4.78, 5) is 24.9. The third-order valence-electron chi connectivity index (χ3n) is 2.76. The van der Waals surface area contributed by atoms with Crippen LogP contribution in [0, 0.1) is 5.82 Å². The van der Waals surface area contributed by atoms with Crippen LogP contribution in [0.1, 0.15) is 20.8 Å². The average Bonchev–Trinajstić information content (AvgIpc) is 2.33. The molecular formula is C14H17FN2O3. The highest BCUT2D eigenvalue weighted by Gasteiger charge is 2.39.